The van der Waals surface area contributed by atoms with Gasteiger partial charge in [-0.25, -0.2) is 0 Å². The summed E-state index contributed by atoms with van der Waals surface area (Å²) in [4.78, 5) is 27.5. The van der Waals surface area contributed by atoms with E-state index in [0.717, 1.165) is 10.9 Å². The fraction of sp³-hybridized carbons (Fsp3) is 0. The smallest absolute Gasteiger partial charge is 0.186 e. The first-order valence-corrected chi connectivity index (χ1v) is 5.58. The Kier molecular flexibility index (Phi) is 2.38. The van der Waals surface area contributed by atoms with E-state index < -0.39 is 0 Å². The molecule has 0 bridgehead atoms. The Morgan fingerprint density at radius 2 is 1.78 bits per heavy atom. The summed E-state index contributed by atoms with van der Waals surface area (Å²) >= 11 is 0. The maximum Gasteiger partial charge on any atom is 0.186 e. The fourth-order valence-corrected chi connectivity index (χ4v) is 2.04. The van der Waals surface area contributed by atoms with Gasteiger partial charge in [0.15, 0.2) is 11.6 Å². The van der Waals surface area contributed by atoms with Gasteiger partial charge >= 0.3 is 0 Å². The van der Waals surface area contributed by atoms with E-state index in [-0.39, 0.29) is 11.6 Å². The minimum Gasteiger partial charge on any atom is -0.290 e. The van der Waals surface area contributed by atoms with Crippen molar-refractivity contribution in [3.63, 3.8) is 0 Å². The molecule has 1 aliphatic rings. The van der Waals surface area contributed by atoms with Crippen molar-refractivity contribution in [2.75, 3.05) is 0 Å². The zero-order chi connectivity index (χ0) is 12.5. The molecule has 0 unspecified atom stereocenters. The van der Waals surface area contributed by atoms with Gasteiger partial charge in [0.25, 0.3) is 0 Å². The summed E-state index contributed by atoms with van der Waals surface area (Å²) < 4.78 is 0. The predicted molar refractivity (Wildman–Crippen MR) is 68.9 cm³/mol. The standard InChI is InChI=1S/C15H9NO2/c17-11-6-7-14(18)13(9-11)12-5-1-3-10-4-2-8-16-15(10)12/h1-9H. The molecule has 0 N–H and O–H groups in total. The van der Waals surface area contributed by atoms with Crippen LogP contribution >= 0.6 is 0 Å². The maximum absolute atomic E-state index is 11.8. The van der Waals surface area contributed by atoms with Gasteiger partial charge < -0.3 is 0 Å². The molecule has 1 aliphatic carbocycles. The average molecular weight is 235 g/mol. The lowest BCUT2D eigenvalue weighted by molar-refractivity contribution is -0.113. The van der Waals surface area contributed by atoms with Crippen LogP contribution in [0.3, 0.4) is 0 Å². The van der Waals surface area contributed by atoms with Gasteiger partial charge in [0.2, 0.25) is 0 Å². The molecule has 0 aliphatic heterocycles. The number of aromatic nitrogens is 1. The number of allylic oxidation sites excluding steroid dienone is 4. The quantitative estimate of drug-likeness (QED) is 0.713. The Balaban J connectivity index is 2.27. The Morgan fingerprint density at radius 1 is 0.944 bits per heavy atom. The number of rotatable bonds is 1. The van der Waals surface area contributed by atoms with Gasteiger partial charge in [-0.15, -0.1) is 0 Å². The van der Waals surface area contributed by atoms with Crippen molar-refractivity contribution in [2.24, 2.45) is 0 Å². The number of fused-ring (bicyclic) bond motifs is 1. The molecule has 0 saturated carbocycles. The first kappa shape index (κ1) is 10.6. The Hall–Kier alpha value is -2.55. The summed E-state index contributed by atoms with van der Waals surface area (Å²) in [5.41, 5.74) is 1.85. The van der Waals surface area contributed by atoms with Crippen molar-refractivity contribution < 1.29 is 9.59 Å². The lowest BCUT2D eigenvalue weighted by Gasteiger charge is -2.09. The van der Waals surface area contributed by atoms with Crippen molar-refractivity contribution in [3.05, 3.63) is 60.3 Å². The third kappa shape index (κ3) is 1.66. The largest absolute Gasteiger partial charge is 0.290 e. The van der Waals surface area contributed by atoms with Crippen molar-refractivity contribution in [1.82, 2.24) is 4.98 Å². The highest BCUT2D eigenvalue weighted by Crippen LogP contribution is 2.25. The first-order valence-electron chi connectivity index (χ1n) is 5.58. The Bertz CT molecular complexity index is 721. The number of pyridine rings is 1. The molecular formula is C15H9NO2. The molecule has 86 valence electrons. The molecule has 3 nitrogen and oxygen atoms in total. The minimum absolute atomic E-state index is 0.159. The number of carbonyl (C=O) groups is 2. The van der Waals surface area contributed by atoms with Crippen LogP contribution in [0.2, 0.25) is 0 Å². The molecule has 1 aromatic carbocycles. The molecule has 0 amide bonds. The van der Waals surface area contributed by atoms with E-state index >= 15 is 0 Å². The lowest BCUT2D eigenvalue weighted by Crippen LogP contribution is -2.07. The van der Waals surface area contributed by atoms with Gasteiger partial charge in [-0.1, -0.05) is 24.3 Å². The summed E-state index contributed by atoms with van der Waals surface area (Å²) in [6, 6.07) is 9.37. The highest BCUT2D eigenvalue weighted by atomic mass is 16.1. The molecular weight excluding hydrogens is 226 g/mol. The zero-order valence-electron chi connectivity index (χ0n) is 9.46. The van der Waals surface area contributed by atoms with Crippen molar-refractivity contribution in [1.29, 1.82) is 0 Å². The highest BCUT2D eigenvalue weighted by Gasteiger charge is 2.17. The number of hydrogen-bond acceptors (Lipinski definition) is 3. The summed E-state index contributed by atoms with van der Waals surface area (Å²) in [5.74, 6) is -0.328. The summed E-state index contributed by atoms with van der Waals surface area (Å²) in [6.45, 7) is 0. The molecule has 18 heavy (non-hydrogen) atoms. The van der Waals surface area contributed by atoms with Crippen LogP contribution in [0, 0.1) is 0 Å². The van der Waals surface area contributed by atoms with E-state index in [0.29, 0.717) is 11.1 Å². The summed E-state index contributed by atoms with van der Waals surface area (Å²) in [6.07, 6.45) is 5.63. The molecule has 3 rings (SSSR count). The van der Waals surface area contributed by atoms with E-state index in [1.165, 1.54) is 18.2 Å². The number of hydrogen-bond donors (Lipinski definition) is 0. The summed E-state index contributed by atoms with van der Waals surface area (Å²) in [5, 5.41) is 0.950. The Morgan fingerprint density at radius 3 is 2.67 bits per heavy atom. The van der Waals surface area contributed by atoms with Crippen molar-refractivity contribution >= 4 is 28.0 Å². The minimum atomic E-state index is -0.169. The van der Waals surface area contributed by atoms with E-state index in [2.05, 4.69) is 4.98 Å². The van der Waals surface area contributed by atoms with Crippen LogP contribution in [0.4, 0.5) is 0 Å². The van der Waals surface area contributed by atoms with Crippen molar-refractivity contribution in [2.45, 2.75) is 0 Å². The number of carbonyl (C=O) groups excluding carboxylic acids is 2. The molecule has 1 aromatic heterocycles. The number of ketones is 2. The fourth-order valence-electron chi connectivity index (χ4n) is 2.04. The summed E-state index contributed by atoms with van der Waals surface area (Å²) in [7, 11) is 0. The molecule has 0 radical (unpaired) electrons. The topological polar surface area (TPSA) is 47.0 Å². The number of benzene rings is 1. The molecule has 2 aromatic rings. The van der Waals surface area contributed by atoms with Gasteiger partial charge in [0.1, 0.15) is 0 Å². The molecule has 1 heterocycles. The average Bonchev–Trinajstić information content (AvgIpc) is 2.41. The Labute approximate surface area is 103 Å². The first-order chi connectivity index (χ1) is 8.75. The van der Waals surface area contributed by atoms with E-state index in [1.807, 2.05) is 30.3 Å². The molecule has 0 atom stereocenters. The highest BCUT2D eigenvalue weighted by molar-refractivity contribution is 6.35. The third-order valence-electron chi connectivity index (χ3n) is 2.87. The van der Waals surface area contributed by atoms with Crippen LogP contribution in [-0.2, 0) is 9.59 Å². The van der Waals surface area contributed by atoms with E-state index in [9.17, 15) is 9.59 Å². The third-order valence-corrected chi connectivity index (χ3v) is 2.87. The van der Waals surface area contributed by atoms with Gasteiger partial charge in [-0.3, -0.25) is 14.6 Å². The monoisotopic (exact) mass is 235 g/mol. The van der Waals surface area contributed by atoms with E-state index in [1.54, 1.807) is 6.20 Å². The van der Waals surface area contributed by atoms with Crippen LogP contribution in [0.25, 0.3) is 16.5 Å². The molecule has 3 heteroatoms. The second-order valence-electron chi connectivity index (χ2n) is 4.04. The second kappa shape index (κ2) is 4.04. The number of nitrogens with zero attached hydrogens (tertiary/aromatic N) is 1. The molecule has 0 saturated heterocycles. The van der Waals surface area contributed by atoms with Gasteiger partial charge in [0.05, 0.1) is 5.52 Å². The van der Waals surface area contributed by atoms with Gasteiger partial charge in [-0.05, 0) is 24.3 Å². The van der Waals surface area contributed by atoms with Crippen LogP contribution in [0.1, 0.15) is 5.56 Å². The van der Waals surface area contributed by atoms with Gasteiger partial charge in [-0.2, -0.15) is 0 Å². The SMILES string of the molecule is O=C1C=CC(=O)C(c2cccc3cccnc23)=C1. The van der Waals surface area contributed by atoms with Crippen molar-refractivity contribution in [3.8, 4) is 0 Å². The van der Waals surface area contributed by atoms with Gasteiger partial charge in [0, 0.05) is 22.7 Å². The normalized spacial score (nSPS) is 15.0. The van der Waals surface area contributed by atoms with Crippen LogP contribution in [-0.4, -0.2) is 16.6 Å². The zero-order valence-corrected chi connectivity index (χ0v) is 9.46. The van der Waals surface area contributed by atoms with E-state index in [4.69, 9.17) is 0 Å². The molecule has 0 fully saturated rings. The predicted octanol–water partition coefficient (Wildman–Crippen LogP) is 2.33. The number of para-hydroxylation sites is 1. The second-order valence-corrected chi connectivity index (χ2v) is 4.04. The van der Waals surface area contributed by atoms with Crippen LogP contribution < -0.4 is 0 Å². The van der Waals surface area contributed by atoms with Crippen LogP contribution in [0.5, 0.6) is 0 Å². The lowest BCUT2D eigenvalue weighted by atomic mass is 9.94. The maximum atomic E-state index is 11.8. The van der Waals surface area contributed by atoms with Crippen LogP contribution in [0.15, 0.2) is 54.8 Å². The molecule has 0 spiro atoms.